The van der Waals surface area contributed by atoms with Crippen molar-refractivity contribution >= 4 is 18.9 Å². The maximum absolute atomic E-state index is 10.4. The molecule has 0 bridgehead atoms. The Kier molecular flexibility index (Phi) is 1.75. The van der Waals surface area contributed by atoms with Gasteiger partial charge in [-0.1, -0.05) is 0 Å². The Morgan fingerprint density at radius 2 is 2.56 bits per heavy atom. The van der Waals surface area contributed by atoms with Gasteiger partial charge in [-0.05, 0) is 0 Å². The van der Waals surface area contributed by atoms with Crippen molar-refractivity contribution in [2.75, 3.05) is 0 Å². The van der Waals surface area contributed by atoms with E-state index in [0.29, 0.717) is 4.72 Å². The molecule has 0 aliphatic heterocycles. The van der Waals surface area contributed by atoms with E-state index in [9.17, 15) is 3.83 Å². The molecule has 0 fully saturated rings. The summed E-state index contributed by atoms with van der Waals surface area (Å²) < 4.78 is 21.0. The summed E-state index contributed by atoms with van der Waals surface area (Å²) in [6, 6.07) is 0. The number of aryl methyl sites for hydroxylation is 1. The van der Waals surface area contributed by atoms with E-state index in [1.807, 2.05) is 0 Å². The second kappa shape index (κ2) is 2.39. The number of nitrogens with zero attached hydrogens (tertiary/aromatic N) is 1. The average molecular weight is 194 g/mol. The number of rotatable bonds is 1. The molecule has 0 spiro atoms. The predicted octanol–water partition coefficient (Wildman–Crippen LogP) is -2.04. The maximum atomic E-state index is 10.4. The van der Waals surface area contributed by atoms with Gasteiger partial charge in [-0.2, -0.15) is 0 Å². The first-order valence-electron chi connectivity index (χ1n) is 2.35. The minimum atomic E-state index is -2.74. The van der Waals surface area contributed by atoms with Crippen LogP contribution in [0.25, 0.3) is 0 Å². The topological polar surface area (TPSA) is 57.0 Å². The first-order chi connectivity index (χ1) is 4.22. The number of aromatic amines is 1. The van der Waals surface area contributed by atoms with E-state index in [0.717, 1.165) is 0 Å². The Hall–Kier alpha value is -0.511. The van der Waals surface area contributed by atoms with Crippen molar-refractivity contribution in [2.24, 2.45) is 7.05 Å². The van der Waals surface area contributed by atoms with Crippen molar-refractivity contribution in [1.29, 1.82) is 0 Å². The SMILES string of the molecule is C[n+]1cc[nH]c1[Se](=O)O. The summed E-state index contributed by atoms with van der Waals surface area (Å²) in [6.07, 6.45) is 3.32. The molecular formula is C4H7N2O2Se+. The standard InChI is InChI=1S/C4H6N2O2Se/c1-6-3-2-5-4(6)9(7)8/h2-3H,1H3,(H,7,8)/p+1. The number of nitrogens with one attached hydrogen (secondary N) is 1. The van der Waals surface area contributed by atoms with Gasteiger partial charge in [0.25, 0.3) is 0 Å². The van der Waals surface area contributed by atoms with Gasteiger partial charge in [0.1, 0.15) is 0 Å². The third-order valence-electron chi connectivity index (χ3n) is 0.991. The van der Waals surface area contributed by atoms with E-state index in [1.165, 1.54) is 0 Å². The van der Waals surface area contributed by atoms with Crippen molar-refractivity contribution in [1.82, 2.24) is 4.98 Å². The zero-order chi connectivity index (χ0) is 6.85. The Labute approximate surface area is 56.6 Å². The summed E-state index contributed by atoms with van der Waals surface area (Å²) in [5, 5.41) is 0. The van der Waals surface area contributed by atoms with Crippen molar-refractivity contribution in [3.8, 4) is 0 Å². The van der Waals surface area contributed by atoms with Gasteiger partial charge in [-0.3, -0.25) is 0 Å². The van der Waals surface area contributed by atoms with Crippen LogP contribution in [0.3, 0.4) is 0 Å². The molecule has 1 aromatic rings. The molecule has 1 atom stereocenters. The first kappa shape index (κ1) is 6.61. The minimum absolute atomic E-state index is 0.398. The van der Waals surface area contributed by atoms with Gasteiger partial charge >= 0.3 is 55.9 Å². The number of imidazole rings is 1. The van der Waals surface area contributed by atoms with Crippen molar-refractivity contribution in [2.45, 2.75) is 0 Å². The second-order valence-electron chi connectivity index (χ2n) is 1.63. The molecule has 0 aliphatic carbocycles. The van der Waals surface area contributed by atoms with Crippen molar-refractivity contribution in [3.63, 3.8) is 0 Å². The summed E-state index contributed by atoms with van der Waals surface area (Å²) in [5.74, 6) is 0. The molecule has 50 valence electrons. The molecule has 1 aromatic heterocycles. The number of hydrogen-bond acceptors (Lipinski definition) is 1. The first-order valence-corrected chi connectivity index (χ1v) is 4.68. The van der Waals surface area contributed by atoms with Crippen LogP contribution in [0.15, 0.2) is 12.4 Å². The monoisotopic (exact) mass is 195 g/mol. The predicted molar refractivity (Wildman–Crippen MR) is 30.3 cm³/mol. The molecule has 0 radical (unpaired) electrons. The average Bonchev–Trinajstić information content (AvgIpc) is 2.13. The molecule has 5 heteroatoms. The van der Waals surface area contributed by atoms with Gasteiger partial charge in [0.2, 0.25) is 0 Å². The second-order valence-corrected chi connectivity index (χ2v) is 3.48. The molecule has 0 saturated heterocycles. The summed E-state index contributed by atoms with van der Waals surface area (Å²) in [6.45, 7) is 0. The quantitative estimate of drug-likeness (QED) is 0.399. The summed E-state index contributed by atoms with van der Waals surface area (Å²) in [7, 11) is 1.72. The molecule has 0 aliphatic rings. The molecule has 1 heterocycles. The van der Waals surface area contributed by atoms with E-state index in [2.05, 4.69) is 4.98 Å². The summed E-state index contributed by atoms with van der Waals surface area (Å²) in [5.41, 5.74) is 0. The molecule has 1 rings (SSSR count). The summed E-state index contributed by atoms with van der Waals surface area (Å²) >= 11 is -2.74. The number of hydrogen-bond donors (Lipinski definition) is 2. The molecule has 4 nitrogen and oxygen atoms in total. The molecule has 2 N–H and O–H groups in total. The van der Waals surface area contributed by atoms with Gasteiger partial charge in [-0.25, -0.2) is 0 Å². The van der Waals surface area contributed by atoms with Crippen LogP contribution in [0.1, 0.15) is 0 Å². The number of aromatic nitrogens is 2. The molecule has 1 unspecified atom stereocenters. The third kappa shape index (κ3) is 1.24. The van der Waals surface area contributed by atoms with Crippen molar-refractivity contribution in [3.05, 3.63) is 12.4 Å². The third-order valence-corrected chi connectivity index (χ3v) is 2.54. The van der Waals surface area contributed by atoms with E-state index < -0.39 is 14.2 Å². The van der Waals surface area contributed by atoms with Gasteiger partial charge in [0.05, 0.1) is 0 Å². The van der Waals surface area contributed by atoms with Crippen LogP contribution < -0.4 is 9.29 Å². The molecule has 0 amide bonds. The Morgan fingerprint density at radius 3 is 2.78 bits per heavy atom. The normalized spacial score (nSPS) is 13.6. The van der Waals surface area contributed by atoms with Crippen LogP contribution in [0.4, 0.5) is 0 Å². The van der Waals surface area contributed by atoms with Crippen LogP contribution in [0.5, 0.6) is 0 Å². The van der Waals surface area contributed by atoms with Crippen LogP contribution in [0, 0.1) is 0 Å². The van der Waals surface area contributed by atoms with Gasteiger partial charge in [0.15, 0.2) is 0 Å². The zero-order valence-electron chi connectivity index (χ0n) is 4.87. The number of H-pyrrole nitrogens is 1. The Bertz CT molecular complexity index is 232. The van der Waals surface area contributed by atoms with E-state index >= 15 is 0 Å². The fraction of sp³-hybridized carbons (Fsp3) is 0.250. The summed E-state index contributed by atoms with van der Waals surface area (Å²) in [4.78, 5) is 2.66. The van der Waals surface area contributed by atoms with Crippen LogP contribution in [-0.4, -0.2) is 23.3 Å². The fourth-order valence-electron chi connectivity index (χ4n) is 0.563. The van der Waals surface area contributed by atoms with E-state index in [1.54, 1.807) is 24.0 Å². The Balaban J connectivity index is 3.08. The van der Waals surface area contributed by atoms with E-state index in [4.69, 9.17) is 4.19 Å². The molecular weight excluding hydrogens is 187 g/mol. The van der Waals surface area contributed by atoms with Crippen LogP contribution in [0.2, 0.25) is 0 Å². The zero-order valence-corrected chi connectivity index (χ0v) is 6.58. The molecule has 0 aromatic carbocycles. The van der Waals surface area contributed by atoms with E-state index in [-0.39, 0.29) is 0 Å². The van der Waals surface area contributed by atoms with Gasteiger partial charge in [-0.15, -0.1) is 0 Å². The fourth-order valence-corrected chi connectivity index (χ4v) is 1.56. The van der Waals surface area contributed by atoms with Crippen molar-refractivity contribution < 1.29 is 12.6 Å². The Morgan fingerprint density at radius 1 is 1.89 bits per heavy atom. The van der Waals surface area contributed by atoms with Crippen LogP contribution in [-0.2, 0) is 10.9 Å². The van der Waals surface area contributed by atoms with Gasteiger partial charge < -0.3 is 0 Å². The molecule has 9 heavy (non-hydrogen) atoms. The van der Waals surface area contributed by atoms with Gasteiger partial charge in [0, 0.05) is 0 Å². The van der Waals surface area contributed by atoms with Crippen LogP contribution >= 0.6 is 0 Å². The molecule has 0 saturated carbocycles.